The van der Waals surface area contributed by atoms with Crippen molar-refractivity contribution in [3.8, 4) is 11.5 Å². The molecule has 8 rings (SSSR count). The maximum absolute atomic E-state index is 11.3. The minimum atomic E-state index is -1.01. The first-order valence-corrected chi connectivity index (χ1v) is 10.1. The third kappa shape index (κ3) is 1.34. The molecule has 5 nitrogen and oxygen atoms in total. The van der Waals surface area contributed by atoms with E-state index in [2.05, 4.69) is 11.0 Å². The van der Waals surface area contributed by atoms with Gasteiger partial charge < -0.3 is 14.9 Å². The summed E-state index contributed by atoms with van der Waals surface area (Å²) in [5.41, 5.74) is 0.968. The SMILES string of the molecule is Oc1ccc2c3c1O[C@@H]1[C@]34CCN(CC3CC3)[C@H](C2)[C@]42CC[C@@]1(O)C=N2. The fraction of sp³-hybridized carbons (Fsp3) is 0.667. The molecule has 26 heavy (non-hydrogen) atoms. The number of phenols is 1. The molecule has 4 bridgehead atoms. The van der Waals surface area contributed by atoms with E-state index < -0.39 is 5.60 Å². The molecule has 0 radical (unpaired) electrons. The highest BCUT2D eigenvalue weighted by molar-refractivity contribution is 5.79. The fourth-order valence-electron chi connectivity index (χ4n) is 7.15. The van der Waals surface area contributed by atoms with Gasteiger partial charge in [0, 0.05) is 24.4 Å². The third-order valence-electron chi connectivity index (χ3n) is 8.39. The molecule has 5 atom stereocenters. The van der Waals surface area contributed by atoms with Gasteiger partial charge in [-0.25, -0.2) is 0 Å². The Morgan fingerprint density at radius 1 is 1.23 bits per heavy atom. The van der Waals surface area contributed by atoms with Gasteiger partial charge in [0.2, 0.25) is 0 Å². The molecule has 2 saturated carbocycles. The van der Waals surface area contributed by atoms with Crippen LogP contribution in [0.3, 0.4) is 0 Å². The zero-order chi connectivity index (χ0) is 17.3. The molecular weight excluding hydrogens is 328 g/mol. The molecule has 4 aliphatic heterocycles. The number of benzene rings is 1. The molecule has 0 aromatic heterocycles. The van der Waals surface area contributed by atoms with Gasteiger partial charge in [0.25, 0.3) is 0 Å². The van der Waals surface area contributed by atoms with E-state index in [4.69, 9.17) is 9.73 Å². The molecule has 2 N–H and O–H groups in total. The number of rotatable bonds is 2. The molecule has 1 saturated heterocycles. The highest BCUT2D eigenvalue weighted by Gasteiger charge is 2.78. The van der Waals surface area contributed by atoms with Crippen LogP contribution in [0.1, 0.15) is 43.2 Å². The number of fused-ring (bicyclic) bond motifs is 1. The number of likely N-dealkylation sites (tertiary alicyclic amines) is 1. The predicted octanol–water partition coefficient (Wildman–Crippen LogP) is 1.78. The molecule has 136 valence electrons. The number of hydrogen-bond donors (Lipinski definition) is 2. The minimum Gasteiger partial charge on any atom is -0.504 e. The zero-order valence-corrected chi connectivity index (χ0v) is 14.8. The van der Waals surface area contributed by atoms with E-state index >= 15 is 0 Å². The fourth-order valence-corrected chi connectivity index (χ4v) is 7.15. The second kappa shape index (κ2) is 4.12. The normalized spacial score (nSPS) is 47.0. The van der Waals surface area contributed by atoms with Crippen molar-refractivity contribution >= 4 is 6.21 Å². The number of nitrogens with zero attached hydrogens (tertiary/aromatic N) is 2. The van der Waals surface area contributed by atoms with E-state index in [9.17, 15) is 10.2 Å². The van der Waals surface area contributed by atoms with Crippen LogP contribution in [0, 0.1) is 5.92 Å². The van der Waals surface area contributed by atoms with E-state index in [1.807, 2.05) is 0 Å². The van der Waals surface area contributed by atoms with Crippen molar-refractivity contribution in [1.29, 1.82) is 0 Å². The average molecular weight is 352 g/mol. The lowest BCUT2D eigenvalue weighted by atomic mass is 9.44. The maximum atomic E-state index is 11.3. The zero-order valence-electron chi connectivity index (χ0n) is 14.8. The van der Waals surface area contributed by atoms with Crippen molar-refractivity contribution in [2.75, 3.05) is 13.1 Å². The Bertz CT molecular complexity index is 880. The smallest absolute Gasteiger partial charge is 0.165 e. The van der Waals surface area contributed by atoms with Crippen molar-refractivity contribution in [2.24, 2.45) is 10.9 Å². The van der Waals surface area contributed by atoms with E-state index in [0.29, 0.717) is 18.2 Å². The van der Waals surface area contributed by atoms with Gasteiger partial charge in [0.15, 0.2) is 11.5 Å². The van der Waals surface area contributed by atoms with Gasteiger partial charge >= 0.3 is 0 Å². The van der Waals surface area contributed by atoms with Gasteiger partial charge in [-0.1, -0.05) is 6.07 Å². The summed E-state index contributed by atoms with van der Waals surface area (Å²) in [5, 5.41) is 21.8. The first-order valence-electron chi connectivity index (χ1n) is 10.1. The summed E-state index contributed by atoms with van der Waals surface area (Å²) in [6.45, 7) is 2.23. The van der Waals surface area contributed by atoms with Gasteiger partial charge in [-0.3, -0.25) is 9.89 Å². The Labute approximate surface area is 152 Å². The lowest BCUT2D eigenvalue weighted by molar-refractivity contribution is -0.149. The van der Waals surface area contributed by atoms with Crippen molar-refractivity contribution in [2.45, 2.75) is 67.2 Å². The number of ether oxygens (including phenoxy) is 1. The molecule has 3 aliphatic carbocycles. The highest BCUT2D eigenvalue weighted by atomic mass is 16.5. The van der Waals surface area contributed by atoms with Crippen LogP contribution < -0.4 is 4.74 Å². The van der Waals surface area contributed by atoms with Crippen LogP contribution >= 0.6 is 0 Å². The molecule has 0 unspecified atom stereocenters. The quantitative estimate of drug-likeness (QED) is 0.852. The summed E-state index contributed by atoms with van der Waals surface area (Å²) >= 11 is 0. The predicted molar refractivity (Wildman–Crippen MR) is 96.0 cm³/mol. The molecule has 0 amide bonds. The number of aromatic hydroxyl groups is 1. The molecule has 5 heteroatoms. The number of hydrogen-bond acceptors (Lipinski definition) is 5. The summed E-state index contributed by atoms with van der Waals surface area (Å²) in [7, 11) is 0. The van der Waals surface area contributed by atoms with Crippen molar-refractivity contribution in [1.82, 2.24) is 4.90 Å². The average Bonchev–Trinajstić information content (AvgIpc) is 3.37. The second-order valence-corrected chi connectivity index (χ2v) is 9.50. The number of piperidine rings is 1. The maximum Gasteiger partial charge on any atom is 0.165 e. The van der Waals surface area contributed by atoms with Gasteiger partial charge in [-0.15, -0.1) is 0 Å². The van der Waals surface area contributed by atoms with Crippen molar-refractivity contribution in [3.63, 3.8) is 0 Å². The topological polar surface area (TPSA) is 65.3 Å². The summed E-state index contributed by atoms with van der Waals surface area (Å²) < 4.78 is 6.36. The standard InChI is InChI=1S/C21H24N2O3/c24-14-4-3-13-9-15-21-6-5-19(25,11-22-21)18-20(21,16(13)17(14)26-18)7-8-23(15)10-12-1-2-12/h3-4,11-12,15,18,24-25H,1-2,5-10H2/t15-,18+,19-,20+,21-/m1/s1. The van der Waals surface area contributed by atoms with Crippen LogP contribution in [0.2, 0.25) is 0 Å². The molecular formula is C21H24N2O3. The van der Waals surface area contributed by atoms with Gasteiger partial charge in [-0.2, -0.15) is 0 Å². The van der Waals surface area contributed by atoms with Crippen LogP contribution in [0.5, 0.6) is 11.5 Å². The van der Waals surface area contributed by atoms with Crippen LogP contribution in [-0.2, 0) is 11.8 Å². The highest BCUT2D eigenvalue weighted by Crippen LogP contribution is 2.69. The second-order valence-electron chi connectivity index (χ2n) is 9.50. The van der Waals surface area contributed by atoms with E-state index in [1.165, 1.54) is 30.5 Å². The first-order chi connectivity index (χ1) is 12.6. The Morgan fingerprint density at radius 3 is 2.88 bits per heavy atom. The lowest BCUT2D eigenvalue weighted by Crippen LogP contribution is -2.81. The van der Waals surface area contributed by atoms with Crippen molar-refractivity contribution < 1.29 is 14.9 Å². The molecule has 3 fully saturated rings. The molecule has 1 aromatic carbocycles. The number of phenolic OH excluding ortho intramolecular Hbond substituents is 1. The Morgan fingerprint density at radius 2 is 2.12 bits per heavy atom. The minimum absolute atomic E-state index is 0.207. The number of aliphatic imine (C=N–C) groups is 1. The van der Waals surface area contributed by atoms with Crippen LogP contribution in [0.15, 0.2) is 17.1 Å². The molecule has 4 heterocycles. The van der Waals surface area contributed by atoms with Gasteiger partial charge in [0.1, 0.15) is 11.7 Å². The first kappa shape index (κ1) is 14.5. The largest absolute Gasteiger partial charge is 0.504 e. The number of aliphatic hydroxyl groups is 1. The lowest BCUT2D eigenvalue weighted by Gasteiger charge is -2.68. The Kier molecular flexibility index (Phi) is 2.29. The van der Waals surface area contributed by atoms with E-state index in [0.717, 1.165) is 31.7 Å². The summed E-state index contributed by atoms with van der Waals surface area (Å²) in [4.78, 5) is 7.81. The van der Waals surface area contributed by atoms with Crippen LogP contribution in [-0.4, -0.2) is 57.7 Å². The molecule has 2 spiro atoms. The van der Waals surface area contributed by atoms with Crippen LogP contribution in [0.25, 0.3) is 0 Å². The molecule has 7 aliphatic rings. The van der Waals surface area contributed by atoms with Crippen molar-refractivity contribution in [3.05, 3.63) is 23.3 Å². The monoisotopic (exact) mass is 352 g/mol. The summed E-state index contributed by atoms with van der Waals surface area (Å²) in [5.74, 6) is 1.70. The Balaban J connectivity index is 1.51. The molecule has 1 aromatic rings. The van der Waals surface area contributed by atoms with E-state index in [-0.39, 0.29) is 22.8 Å². The summed E-state index contributed by atoms with van der Waals surface area (Å²) in [6.07, 6.45) is 7.78. The van der Waals surface area contributed by atoms with Crippen LogP contribution in [0.4, 0.5) is 0 Å². The summed E-state index contributed by atoms with van der Waals surface area (Å²) in [6, 6.07) is 4.23. The Hall–Kier alpha value is -1.59. The van der Waals surface area contributed by atoms with E-state index in [1.54, 1.807) is 12.3 Å². The third-order valence-corrected chi connectivity index (χ3v) is 8.39. The van der Waals surface area contributed by atoms with Gasteiger partial charge in [-0.05, 0) is 62.6 Å². The van der Waals surface area contributed by atoms with Gasteiger partial charge in [0.05, 0.1) is 11.0 Å².